The topological polar surface area (TPSA) is 84.9 Å². The number of hydroxylamine groups is 2. The van der Waals surface area contributed by atoms with E-state index in [1.807, 2.05) is 24.1 Å². The maximum absolute atomic E-state index is 13.8. The predicted octanol–water partition coefficient (Wildman–Crippen LogP) is 3.45. The Kier molecular flexibility index (Phi) is 4.66. The average Bonchev–Trinajstić information content (AvgIpc) is 3.11. The van der Waals surface area contributed by atoms with Gasteiger partial charge in [0.1, 0.15) is 0 Å². The number of benzene rings is 1. The molecule has 0 amide bonds. The minimum absolute atomic E-state index is 0.0988. The molecule has 2 bridgehead atoms. The molecule has 1 aliphatic carbocycles. The number of hydrogen-bond acceptors (Lipinski definition) is 9. The van der Waals surface area contributed by atoms with E-state index in [2.05, 4.69) is 6.92 Å². The van der Waals surface area contributed by atoms with Crippen LogP contribution in [-0.2, 0) is 35.3 Å². The largest absolute Gasteiger partial charge is 0.493 e. The molecule has 1 aromatic carbocycles. The van der Waals surface area contributed by atoms with Gasteiger partial charge in [0, 0.05) is 31.2 Å². The van der Waals surface area contributed by atoms with Crippen LogP contribution in [0.25, 0.3) is 0 Å². The number of hydrogen-bond donors (Lipinski definition) is 0. The molecule has 6 heterocycles. The van der Waals surface area contributed by atoms with E-state index < -0.39 is 23.3 Å². The number of ether oxygens (including phenoxy) is 4. The van der Waals surface area contributed by atoms with Crippen molar-refractivity contribution in [2.75, 3.05) is 20.8 Å². The summed E-state index contributed by atoms with van der Waals surface area (Å²) in [6.07, 6.45) is 3.84. The fraction of sp³-hybridized carbons (Fsp3) is 0.731. The summed E-state index contributed by atoms with van der Waals surface area (Å²) in [7, 11) is 3.28. The van der Waals surface area contributed by atoms with Crippen molar-refractivity contribution in [3.8, 4) is 11.5 Å². The van der Waals surface area contributed by atoms with Gasteiger partial charge in [-0.1, -0.05) is 6.92 Å². The van der Waals surface area contributed by atoms with Crippen LogP contribution < -0.4 is 9.47 Å². The molecule has 190 valence electrons. The highest BCUT2D eigenvalue weighted by Gasteiger charge is 2.77. The molecule has 1 saturated carbocycles. The molecule has 7 aliphatic rings. The first kappa shape index (κ1) is 22.3. The molecule has 2 spiro atoms. The molecule has 6 aliphatic heterocycles. The summed E-state index contributed by atoms with van der Waals surface area (Å²) in [4.78, 5) is 32.7. The second-order valence-corrected chi connectivity index (χ2v) is 11.3. The highest BCUT2D eigenvalue weighted by atomic mass is 17.3. The number of esters is 1. The van der Waals surface area contributed by atoms with Crippen LogP contribution in [-0.4, -0.2) is 55.1 Å². The van der Waals surface area contributed by atoms with Crippen molar-refractivity contribution < 1.29 is 38.4 Å². The molecule has 1 aromatic rings. The molecule has 35 heavy (non-hydrogen) atoms. The summed E-state index contributed by atoms with van der Waals surface area (Å²) in [5.74, 6) is 0.427. The smallest absolute Gasteiger partial charge is 0.343 e. The van der Waals surface area contributed by atoms with Crippen molar-refractivity contribution in [2.24, 2.45) is 17.8 Å². The summed E-state index contributed by atoms with van der Waals surface area (Å²) in [5.41, 5.74) is 0.255. The summed E-state index contributed by atoms with van der Waals surface area (Å²) >= 11 is 0. The van der Waals surface area contributed by atoms with E-state index in [4.69, 9.17) is 33.6 Å². The first-order chi connectivity index (χ1) is 16.8. The van der Waals surface area contributed by atoms with Gasteiger partial charge in [-0.15, -0.1) is 0 Å². The molecule has 0 N–H and O–H groups in total. The number of fused-ring (bicyclic) bond motifs is 6. The zero-order chi connectivity index (χ0) is 24.2. The Morgan fingerprint density at radius 3 is 2.69 bits per heavy atom. The van der Waals surface area contributed by atoms with Crippen LogP contribution in [0.4, 0.5) is 0 Å². The molecular weight excluding hydrogens is 454 g/mol. The highest BCUT2D eigenvalue weighted by molar-refractivity contribution is 5.82. The Labute approximate surface area is 204 Å². The average molecular weight is 488 g/mol. The standard InChI is InChI=1S/C26H33NO8/c1-14-5-6-21-25(22(28)31-23-26(21)17(14)7-9-24(2,32-23)34-35-26)13-18-16-12-20(30-4)19(29-3)11-15(16)8-10-27(18)33-25/h11-12,14,17-18,21,23H,5-10,13H2,1-4H3/t14-,17+,18-,21+,23-,24-,25-,26-/m1/s1. The monoisotopic (exact) mass is 487 g/mol. The molecule has 9 heteroatoms. The second kappa shape index (κ2) is 7.32. The van der Waals surface area contributed by atoms with Gasteiger partial charge in [0.15, 0.2) is 22.7 Å². The van der Waals surface area contributed by atoms with Gasteiger partial charge in [-0.2, -0.15) is 5.06 Å². The van der Waals surface area contributed by atoms with Crippen molar-refractivity contribution in [1.29, 1.82) is 0 Å². The molecule has 0 aromatic heterocycles. The van der Waals surface area contributed by atoms with Gasteiger partial charge >= 0.3 is 5.97 Å². The van der Waals surface area contributed by atoms with E-state index in [0.29, 0.717) is 36.8 Å². The normalized spacial score (nSPS) is 45.8. The fourth-order valence-corrected chi connectivity index (χ4v) is 7.82. The lowest BCUT2D eigenvalue weighted by atomic mass is 9.56. The zero-order valence-electron chi connectivity index (χ0n) is 20.7. The SMILES string of the molecule is COc1cc2c(cc1OC)[C@H]1C[C@]3(ON1CC2)C(=O)O[C@@H]1O[C@@]2(C)CC[C@H]4[C@H](C)CC[C@@H]3[C@@]14OO2. The second-order valence-electron chi connectivity index (χ2n) is 11.3. The Balaban J connectivity index is 1.31. The molecule has 0 unspecified atom stereocenters. The minimum Gasteiger partial charge on any atom is -0.493 e. The van der Waals surface area contributed by atoms with E-state index in [0.717, 1.165) is 31.2 Å². The van der Waals surface area contributed by atoms with Gasteiger partial charge in [-0.3, -0.25) is 4.84 Å². The van der Waals surface area contributed by atoms with Gasteiger partial charge in [-0.05, 0) is 61.8 Å². The molecule has 6 fully saturated rings. The Morgan fingerprint density at radius 1 is 1.09 bits per heavy atom. The quantitative estimate of drug-likeness (QED) is 0.460. The third-order valence-corrected chi connectivity index (χ3v) is 9.57. The van der Waals surface area contributed by atoms with Crippen LogP contribution in [0, 0.1) is 17.8 Å². The van der Waals surface area contributed by atoms with Gasteiger partial charge < -0.3 is 18.9 Å². The Bertz CT molecular complexity index is 1080. The van der Waals surface area contributed by atoms with Crippen LogP contribution in [0.2, 0.25) is 0 Å². The van der Waals surface area contributed by atoms with Crippen molar-refractivity contribution in [1.82, 2.24) is 5.06 Å². The number of carbonyl (C=O) groups excluding carboxylic acids is 1. The first-order valence-corrected chi connectivity index (χ1v) is 12.8. The lowest BCUT2D eigenvalue weighted by molar-refractivity contribution is -0.564. The van der Waals surface area contributed by atoms with Crippen molar-refractivity contribution in [3.63, 3.8) is 0 Å². The number of methoxy groups -OCH3 is 2. The van der Waals surface area contributed by atoms with Crippen LogP contribution in [0.5, 0.6) is 11.5 Å². The van der Waals surface area contributed by atoms with E-state index in [-0.39, 0.29) is 23.8 Å². The van der Waals surface area contributed by atoms with E-state index in [1.54, 1.807) is 14.2 Å². The van der Waals surface area contributed by atoms with Crippen LogP contribution >= 0.6 is 0 Å². The maximum atomic E-state index is 13.8. The lowest BCUT2D eigenvalue weighted by Gasteiger charge is -2.60. The van der Waals surface area contributed by atoms with Gasteiger partial charge in [0.05, 0.1) is 20.3 Å². The molecule has 8 rings (SSSR count). The Hall–Kier alpha value is -1.91. The lowest BCUT2D eigenvalue weighted by Crippen LogP contribution is -2.75. The fourth-order valence-electron chi connectivity index (χ4n) is 7.82. The van der Waals surface area contributed by atoms with E-state index in [1.165, 1.54) is 5.56 Å². The zero-order valence-corrected chi connectivity index (χ0v) is 20.7. The van der Waals surface area contributed by atoms with Crippen LogP contribution in [0.3, 0.4) is 0 Å². The number of carbonyl (C=O) groups is 1. The third-order valence-electron chi connectivity index (χ3n) is 9.57. The van der Waals surface area contributed by atoms with Crippen LogP contribution in [0.15, 0.2) is 12.1 Å². The van der Waals surface area contributed by atoms with E-state index in [9.17, 15) is 4.79 Å². The minimum atomic E-state index is -1.15. The van der Waals surface area contributed by atoms with Gasteiger partial charge in [0.2, 0.25) is 12.1 Å². The van der Waals surface area contributed by atoms with Crippen LogP contribution in [0.1, 0.15) is 63.1 Å². The van der Waals surface area contributed by atoms with E-state index >= 15 is 0 Å². The summed E-state index contributed by atoms with van der Waals surface area (Å²) in [6.45, 7) is 4.80. The maximum Gasteiger partial charge on any atom is 0.343 e. The van der Waals surface area contributed by atoms with Gasteiger partial charge in [0.25, 0.3) is 0 Å². The number of rotatable bonds is 2. The van der Waals surface area contributed by atoms with Crippen molar-refractivity contribution in [2.45, 2.75) is 81.7 Å². The third kappa shape index (κ3) is 2.79. The van der Waals surface area contributed by atoms with Crippen molar-refractivity contribution >= 4 is 5.97 Å². The molecular formula is C26H33NO8. The Morgan fingerprint density at radius 2 is 1.89 bits per heavy atom. The molecule has 9 nitrogen and oxygen atoms in total. The first-order valence-electron chi connectivity index (χ1n) is 12.8. The molecule has 5 saturated heterocycles. The number of nitrogens with zero attached hydrogens (tertiary/aromatic N) is 1. The van der Waals surface area contributed by atoms with Gasteiger partial charge in [-0.25, -0.2) is 14.6 Å². The summed E-state index contributed by atoms with van der Waals surface area (Å²) < 4.78 is 23.5. The summed E-state index contributed by atoms with van der Waals surface area (Å²) in [6, 6.07) is 3.97. The predicted molar refractivity (Wildman–Crippen MR) is 120 cm³/mol. The molecule has 8 atom stereocenters. The van der Waals surface area contributed by atoms with Crippen molar-refractivity contribution in [3.05, 3.63) is 23.3 Å². The molecule has 0 radical (unpaired) electrons. The highest BCUT2D eigenvalue weighted by Crippen LogP contribution is 2.64. The summed E-state index contributed by atoms with van der Waals surface area (Å²) in [5, 5.41) is 1.96.